The molecule has 1 saturated heterocycles. The Labute approximate surface area is 105 Å². The zero-order chi connectivity index (χ0) is 12.1. The number of rotatable bonds is 3. The molecule has 1 atom stereocenters. The molecule has 0 saturated carbocycles. The van der Waals surface area contributed by atoms with Gasteiger partial charge in [-0.25, -0.2) is 0 Å². The van der Waals surface area contributed by atoms with E-state index in [0.717, 1.165) is 13.0 Å². The highest BCUT2D eigenvalue weighted by atomic mass is 79.9. The number of halogens is 1. The standard InChI is InChI=1S/C12H17BrN2O/c1-4-14-11(10(3)13)8-15-6-5-9(2)7-12(15)16/h4,8-9H,3,5-7H2,1-2H3/b11-8-,14-4?. The molecule has 1 amide bonds. The lowest BCUT2D eigenvalue weighted by molar-refractivity contribution is -0.131. The van der Waals surface area contributed by atoms with Gasteiger partial charge < -0.3 is 4.90 Å². The fourth-order valence-electron chi connectivity index (χ4n) is 1.60. The summed E-state index contributed by atoms with van der Waals surface area (Å²) >= 11 is 3.29. The van der Waals surface area contributed by atoms with Crippen molar-refractivity contribution >= 4 is 28.1 Å². The van der Waals surface area contributed by atoms with E-state index in [1.54, 1.807) is 17.3 Å². The quantitative estimate of drug-likeness (QED) is 0.579. The van der Waals surface area contributed by atoms with Crippen LogP contribution in [0.3, 0.4) is 0 Å². The first-order chi connectivity index (χ1) is 7.54. The van der Waals surface area contributed by atoms with Crippen LogP contribution in [0.4, 0.5) is 0 Å². The second kappa shape index (κ2) is 5.99. The van der Waals surface area contributed by atoms with Crippen molar-refractivity contribution in [1.29, 1.82) is 0 Å². The molecular weight excluding hydrogens is 268 g/mol. The van der Waals surface area contributed by atoms with Crippen LogP contribution in [0.15, 0.2) is 28.0 Å². The minimum atomic E-state index is 0.163. The average Bonchev–Trinajstić information content (AvgIpc) is 2.20. The van der Waals surface area contributed by atoms with Crippen molar-refractivity contribution in [3.05, 3.63) is 23.0 Å². The van der Waals surface area contributed by atoms with E-state index < -0.39 is 0 Å². The second-order valence-corrected chi connectivity index (χ2v) is 4.95. The number of likely N-dealkylation sites (tertiary alicyclic amines) is 1. The molecule has 0 aromatic carbocycles. The van der Waals surface area contributed by atoms with Gasteiger partial charge in [0.1, 0.15) is 0 Å². The molecule has 16 heavy (non-hydrogen) atoms. The maximum atomic E-state index is 11.8. The number of aliphatic imine (C=N–C) groups is 1. The zero-order valence-corrected chi connectivity index (χ0v) is 11.3. The maximum absolute atomic E-state index is 11.8. The Hall–Kier alpha value is -0.900. The maximum Gasteiger partial charge on any atom is 0.226 e. The van der Waals surface area contributed by atoms with Gasteiger partial charge in [-0.15, -0.1) is 0 Å². The van der Waals surface area contributed by atoms with Crippen molar-refractivity contribution in [3.8, 4) is 0 Å². The van der Waals surface area contributed by atoms with Crippen molar-refractivity contribution in [2.45, 2.75) is 26.7 Å². The minimum absolute atomic E-state index is 0.163. The van der Waals surface area contributed by atoms with E-state index >= 15 is 0 Å². The molecule has 1 unspecified atom stereocenters. The monoisotopic (exact) mass is 284 g/mol. The zero-order valence-electron chi connectivity index (χ0n) is 9.74. The molecule has 0 radical (unpaired) electrons. The van der Waals surface area contributed by atoms with Crippen molar-refractivity contribution in [1.82, 2.24) is 4.90 Å². The first kappa shape index (κ1) is 13.2. The van der Waals surface area contributed by atoms with Crippen LogP contribution in [0.25, 0.3) is 0 Å². The molecule has 0 spiro atoms. The summed E-state index contributed by atoms with van der Waals surface area (Å²) in [6, 6.07) is 0. The molecule has 1 aliphatic heterocycles. The highest BCUT2D eigenvalue weighted by Gasteiger charge is 2.21. The molecule has 0 bridgehead atoms. The summed E-state index contributed by atoms with van der Waals surface area (Å²) in [5, 5.41) is 0. The summed E-state index contributed by atoms with van der Waals surface area (Å²) in [5.41, 5.74) is 0.699. The molecule has 4 heteroatoms. The third-order valence-electron chi connectivity index (χ3n) is 2.53. The normalized spacial score (nSPS) is 22.9. The smallest absolute Gasteiger partial charge is 0.226 e. The molecule has 0 aromatic heterocycles. The van der Waals surface area contributed by atoms with Gasteiger partial charge in [0.25, 0.3) is 0 Å². The topological polar surface area (TPSA) is 32.7 Å². The average molecular weight is 285 g/mol. The van der Waals surface area contributed by atoms with Crippen LogP contribution in [0, 0.1) is 5.92 Å². The van der Waals surface area contributed by atoms with Crippen LogP contribution in [0.5, 0.6) is 0 Å². The Bertz CT molecular complexity index is 347. The lowest BCUT2D eigenvalue weighted by Gasteiger charge is -2.27. The molecular formula is C12H17BrN2O. The van der Waals surface area contributed by atoms with Crippen molar-refractivity contribution < 1.29 is 4.79 Å². The van der Waals surface area contributed by atoms with Gasteiger partial charge in [0.15, 0.2) is 0 Å². The second-order valence-electron chi connectivity index (χ2n) is 3.99. The van der Waals surface area contributed by atoms with Gasteiger partial charge in [0, 0.05) is 29.9 Å². The van der Waals surface area contributed by atoms with Gasteiger partial charge >= 0.3 is 0 Å². The molecule has 0 aromatic rings. The van der Waals surface area contributed by atoms with E-state index in [4.69, 9.17) is 0 Å². The van der Waals surface area contributed by atoms with Crippen LogP contribution in [-0.4, -0.2) is 23.6 Å². The third-order valence-corrected chi connectivity index (χ3v) is 2.94. The predicted molar refractivity (Wildman–Crippen MR) is 70.4 cm³/mol. The fourth-order valence-corrected chi connectivity index (χ4v) is 1.80. The van der Waals surface area contributed by atoms with E-state index in [-0.39, 0.29) is 5.91 Å². The lowest BCUT2D eigenvalue weighted by atomic mass is 9.99. The van der Waals surface area contributed by atoms with Gasteiger partial charge in [-0.1, -0.05) is 13.5 Å². The fraction of sp³-hybridized carbons (Fsp3) is 0.500. The molecule has 0 aliphatic carbocycles. The largest absolute Gasteiger partial charge is 0.317 e. The van der Waals surface area contributed by atoms with Gasteiger partial charge in [-0.05, 0) is 35.2 Å². The van der Waals surface area contributed by atoms with E-state index in [1.165, 1.54) is 0 Å². The van der Waals surface area contributed by atoms with Crippen LogP contribution >= 0.6 is 15.9 Å². The molecule has 88 valence electrons. The van der Waals surface area contributed by atoms with Gasteiger partial charge in [-0.2, -0.15) is 0 Å². The van der Waals surface area contributed by atoms with Gasteiger partial charge in [0.05, 0.1) is 5.70 Å². The van der Waals surface area contributed by atoms with Gasteiger partial charge in [-0.3, -0.25) is 9.79 Å². The Kier molecular flexibility index (Phi) is 4.93. The van der Waals surface area contributed by atoms with Crippen molar-refractivity contribution in [2.24, 2.45) is 10.9 Å². The van der Waals surface area contributed by atoms with Crippen LogP contribution in [-0.2, 0) is 4.79 Å². The summed E-state index contributed by atoms with van der Waals surface area (Å²) in [7, 11) is 0. The van der Waals surface area contributed by atoms with Crippen molar-refractivity contribution in [2.75, 3.05) is 6.54 Å². The van der Waals surface area contributed by atoms with Gasteiger partial charge in [0.2, 0.25) is 5.91 Å². The number of hydrogen-bond acceptors (Lipinski definition) is 2. The summed E-state index contributed by atoms with van der Waals surface area (Å²) in [6.07, 6.45) is 5.12. The minimum Gasteiger partial charge on any atom is -0.317 e. The van der Waals surface area contributed by atoms with Crippen LogP contribution in [0.1, 0.15) is 26.7 Å². The SMILES string of the molecule is C=C(Br)/C(=C/N1CCC(C)CC1=O)N=CC. The number of carbonyl (C=O) groups is 1. The number of allylic oxidation sites excluding steroid dienone is 1. The highest BCUT2D eigenvalue weighted by molar-refractivity contribution is 9.11. The first-order valence-electron chi connectivity index (χ1n) is 5.39. The van der Waals surface area contributed by atoms with Crippen LogP contribution in [0.2, 0.25) is 0 Å². The summed E-state index contributed by atoms with van der Waals surface area (Å²) in [4.78, 5) is 17.6. The lowest BCUT2D eigenvalue weighted by Crippen LogP contribution is -2.34. The molecule has 1 rings (SSSR count). The van der Waals surface area contributed by atoms with E-state index in [0.29, 0.717) is 22.5 Å². The molecule has 3 nitrogen and oxygen atoms in total. The highest BCUT2D eigenvalue weighted by Crippen LogP contribution is 2.21. The summed E-state index contributed by atoms with van der Waals surface area (Å²) in [6.45, 7) is 8.48. The van der Waals surface area contributed by atoms with Crippen LogP contribution < -0.4 is 0 Å². The Morgan fingerprint density at radius 3 is 2.88 bits per heavy atom. The Balaban J connectivity index is 2.80. The number of hydrogen-bond donors (Lipinski definition) is 0. The van der Waals surface area contributed by atoms with E-state index in [2.05, 4.69) is 34.4 Å². The number of amides is 1. The number of nitrogens with zero attached hydrogens (tertiary/aromatic N) is 2. The first-order valence-corrected chi connectivity index (χ1v) is 6.18. The molecule has 1 fully saturated rings. The number of piperidine rings is 1. The Morgan fingerprint density at radius 2 is 2.38 bits per heavy atom. The number of carbonyl (C=O) groups excluding carboxylic acids is 1. The summed E-state index contributed by atoms with van der Waals surface area (Å²) < 4.78 is 0.692. The third kappa shape index (κ3) is 3.59. The molecule has 1 aliphatic rings. The molecule has 0 N–H and O–H groups in total. The molecule has 1 heterocycles. The van der Waals surface area contributed by atoms with E-state index in [9.17, 15) is 4.79 Å². The van der Waals surface area contributed by atoms with Crippen molar-refractivity contribution in [3.63, 3.8) is 0 Å². The van der Waals surface area contributed by atoms with E-state index in [1.807, 2.05) is 6.92 Å². The summed E-state index contributed by atoms with van der Waals surface area (Å²) in [5.74, 6) is 0.652. The predicted octanol–water partition coefficient (Wildman–Crippen LogP) is 3.09. The Morgan fingerprint density at radius 1 is 1.69 bits per heavy atom.